The van der Waals surface area contributed by atoms with Crippen molar-refractivity contribution in [1.29, 1.82) is 0 Å². The number of aliphatic carboxylic acids is 1. The van der Waals surface area contributed by atoms with E-state index in [4.69, 9.17) is 5.11 Å². The molecule has 0 saturated heterocycles. The molecule has 0 amide bonds. The van der Waals surface area contributed by atoms with Crippen LogP contribution in [0.4, 0.5) is 0 Å². The van der Waals surface area contributed by atoms with Gasteiger partial charge in [0.2, 0.25) is 0 Å². The van der Waals surface area contributed by atoms with Crippen molar-refractivity contribution in [1.82, 2.24) is 0 Å². The molecule has 0 aromatic heterocycles. The second-order valence-electron chi connectivity index (χ2n) is 5.78. The van der Waals surface area contributed by atoms with E-state index >= 15 is 0 Å². The van der Waals surface area contributed by atoms with Crippen molar-refractivity contribution < 1.29 is 9.90 Å². The van der Waals surface area contributed by atoms with Crippen molar-refractivity contribution in [3.05, 3.63) is 71.8 Å². The number of unbranched alkanes of at least 4 members (excludes halogenated alkanes) is 2. The molecule has 1 aliphatic rings. The standard InChI is InChI=1S/C18H20.C3H4O2/c1-2-3-4-8-14-10-7-12-17-16-11-6-5-9-15(16)13-18(14)17;1-2-3(4)5/h5-7,9-12H,2-4,8,13H2,1H3;2H,1H2,(H,4,5). The zero-order chi connectivity index (χ0) is 16.7. The van der Waals surface area contributed by atoms with E-state index in [1.807, 2.05) is 0 Å². The maximum atomic E-state index is 9.25. The van der Waals surface area contributed by atoms with Crippen LogP contribution >= 0.6 is 0 Å². The minimum Gasteiger partial charge on any atom is -0.478 e. The van der Waals surface area contributed by atoms with Crippen LogP contribution in [0.3, 0.4) is 0 Å². The predicted octanol–water partition coefficient (Wildman–Crippen LogP) is 5.25. The van der Waals surface area contributed by atoms with E-state index in [-0.39, 0.29) is 0 Å². The molecular weight excluding hydrogens is 284 g/mol. The van der Waals surface area contributed by atoms with Crippen molar-refractivity contribution in [3.8, 4) is 11.1 Å². The summed E-state index contributed by atoms with van der Waals surface area (Å²) in [6, 6.07) is 15.7. The second-order valence-corrected chi connectivity index (χ2v) is 5.78. The molecule has 0 aliphatic heterocycles. The van der Waals surface area contributed by atoms with Crippen LogP contribution in [0.2, 0.25) is 0 Å². The number of hydrogen-bond acceptors (Lipinski definition) is 1. The van der Waals surface area contributed by atoms with E-state index in [1.165, 1.54) is 42.4 Å². The lowest BCUT2D eigenvalue weighted by molar-refractivity contribution is -0.131. The van der Waals surface area contributed by atoms with Gasteiger partial charge in [0.15, 0.2) is 0 Å². The lowest BCUT2D eigenvalue weighted by Crippen LogP contribution is -1.93. The SMILES string of the molecule is C=CC(=O)O.CCCCCc1cccc2c1Cc1ccccc1-2. The molecule has 0 fully saturated rings. The zero-order valence-electron chi connectivity index (χ0n) is 13.7. The fourth-order valence-corrected chi connectivity index (χ4v) is 3.02. The van der Waals surface area contributed by atoms with Crippen molar-refractivity contribution in [2.24, 2.45) is 0 Å². The fourth-order valence-electron chi connectivity index (χ4n) is 3.02. The lowest BCUT2D eigenvalue weighted by atomic mass is 9.97. The summed E-state index contributed by atoms with van der Waals surface area (Å²) >= 11 is 0. The number of benzene rings is 2. The molecule has 2 heteroatoms. The summed E-state index contributed by atoms with van der Waals surface area (Å²) < 4.78 is 0. The highest BCUT2D eigenvalue weighted by Gasteiger charge is 2.19. The molecule has 0 radical (unpaired) electrons. The molecule has 2 aromatic carbocycles. The summed E-state index contributed by atoms with van der Waals surface area (Å²) in [5.74, 6) is -0.981. The molecule has 3 rings (SSSR count). The molecule has 0 atom stereocenters. The van der Waals surface area contributed by atoms with Crippen molar-refractivity contribution in [3.63, 3.8) is 0 Å². The van der Waals surface area contributed by atoms with Gasteiger partial charge in [0, 0.05) is 6.08 Å². The minimum atomic E-state index is -0.981. The zero-order valence-corrected chi connectivity index (χ0v) is 13.7. The first kappa shape index (κ1) is 17.0. The van der Waals surface area contributed by atoms with Gasteiger partial charge in [-0.05, 0) is 47.1 Å². The maximum absolute atomic E-state index is 9.25. The second kappa shape index (κ2) is 8.33. The Kier molecular flexibility index (Phi) is 6.16. The number of aryl methyl sites for hydroxylation is 1. The Balaban J connectivity index is 0.000000338. The highest BCUT2D eigenvalue weighted by atomic mass is 16.4. The van der Waals surface area contributed by atoms with Crippen LogP contribution in [0, 0.1) is 0 Å². The predicted molar refractivity (Wildman–Crippen MR) is 95.7 cm³/mol. The van der Waals surface area contributed by atoms with Crippen LogP contribution in [0.1, 0.15) is 42.9 Å². The van der Waals surface area contributed by atoms with Gasteiger partial charge in [-0.15, -0.1) is 0 Å². The highest BCUT2D eigenvalue weighted by Crippen LogP contribution is 2.38. The highest BCUT2D eigenvalue weighted by molar-refractivity contribution is 5.79. The molecule has 120 valence electrons. The van der Waals surface area contributed by atoms with Gasteiger partial charge in [-0.1, -0.05) is 68.8 Å². The van der Waals surface area contributed by atoms with Crippen LogP contribution < -0.4 is 0 Å². The first-order chi connectivity index (χ1) is 11.2. The van der Waals surface area contributed by atoms with Crippen molar-refractivity contribution in [2.45, 2.75) is 39.0 Å². The van der Waals surface area contributed by atoms with E-state index in [0.29, 0.717) is 0 Å². The molecule has 0 bridgehead atoms. The van der Waals surface area contributed by atoms with Crippen molar-refractivity contribution in [2.75, 3.05) is 0 Å². The summed E-state index contributed by atoms with van der Waals surface area (Å²) in [6.07, 6.45) is 7.17. The van der Waals surface area contributed by atoms with Gasteiger partial charge in [0.25, 0.3) is 0 Å². The van der Waals surface area contributed by atoms with Crippen molar-refractivity contribution >= 4 is 5.97 Å². The molecule has 23 heavy (non-hydrogen) atoms. The molecular formula is C21H24O2. The fraction of sp³-hybridized carbons (Fsp3) is 0.286. The Hall–Kier alpha value is -2.35. The largest absolute Gasteiger partial charge is 0.478 e. The summed E-state index contributed by atoms with van der Waals surface area (Å²) in [5.41, 5.74) is 7.56. The maximum Gasteiger partial charge on any atom is 0.327 e. The molecule has 2 aromatic rings. The van der Waals surface area contributed by atoms with Gasteiger partial charge in [-0.2, -0.15) is 0 Å². The van der Waals surface area contributed by atoms with Gasteiger partial charge in [0.05, 0.1) is 0 Å². The van der Waals surface area contributed by atoms with Crippen LogP contribution in [-0.2, 0) is 17.6 Å². The van der Waals surface area contributed by atoms with E-state index in [0.717, 1.165) is 12.5 Å². The molecule has 0 heterocycles. The molecule has 1 aliphatic carbocycles. The first-order valence-electron chi connectivity index (χ1n) is 8.21. The van der Waals surface area contributed by atoms with Crippen LogP contribution in [-0.4, -0.2) is 11.1 Å². The molecule has 1 N–H and O–H groups in total. The quantitative estimate of drug-likeness (QED) is 0.516. The van der Waals surface area contributed by atoms with E-state index in [2.05, 4.69) is 56.0 Å². The van der Waals surface area contributed by atoms with E-state index < -0.39 is 5.97 Å². The number of carboxylic acids is 1. The third-order valence-corrected chi connectivity index (χ3v) is 4.17. The Morgan fingerprint density at radius 2 is 1.83 bits per heavy atom. The molecule has 0 unspecified atom stereocenters. The summed E-state index contributed by atoms with van der Waals surface area (Å²) in [5, 5.41) is 7.60. The average Bonchev–Trinajstić information content (AvgIpc) is 2.95. The smallest absolute Gasteiger partial charge is 0.327 e. The average molecular weight is 308 g/mol. The third-order valence-electron chi connectivity index (χ3n) is 4.17. The summed E-state index contributed by atoms with van der Waals surface area (Å²) in [4.78, 5) is 9.25. The van der Waals surface area contributed by atoms with Gasteiger partial charge >= 0.3 is 5.97 Å². The Labute approximate surface area is 138 Å². The van der Waals surface area contributed by atoms with Crippen LogP contribution in [0.25, 0.3) is 11.1 Å². The Morgan fingerprint density at radius 1 is 1.13 bits per heavy atom. The van der Waals surface area contributed by atoms with Crippen LogP contribution in [0.5, 0.6) is 0 Å². The molecule has 0 saturated carbocycles. The lowest BCUT2D eigenvalue weighted by Gasteiger charge is -2.08. The van der Waals surface area contributed by atoms with Gasteiger partial charge < -0.3 is 5.11 Å². The Bertz CT molecular complexity index is 686. The van der Waals surface area contributed by atoms with E-state index in [1.54, 1.807) is 11.1 Å². The number of carboxylic acid groups (broad SMARTS) is 1. The third kappa shape index (κ3) is 4.32. The topological polar surface area (TPSA) is 37.3 Å². The monoisotopic (exact) mass is 308 g/mol. The minimum absolute atomic E-state index is 0.833. The summed E-state index contributed by atoms with van der Waals surface area (Å²) in [6.45, 7) is 5.23. The first-order valence-corrected chi connectivity index (χ1v) is 8.21. The van der Waals surface area contributed by atoms with Gasteiger partial charge in [-0.25, -0.2) is 4.79 Å². The van der Waals surface area contributed by atoms with Gasteiger partial charge in [0.1, 0.15) is 0 Å². The number of rotatable bonds is 5. The normalized spacial score (nSPS) is 11.0. The molecule has 0 spiro atoms. The molecule has 2 nitrogen and oxygen atoms in total. The number of fused-ring (bicyclic) bond motifs is 3. The van der Waals surface area contributed by atoms with E-state index in [9.17, 15) is 4.79 Å². The van der Waals surface area contributed by atoms with Gasteiger partial charge in [-0.3, -0.25) is 0 Å². The number of carbonyl (C=O) groups is 1. The number of hydrogen-bond donors (Lipinski definition) is 1. The summed E-state index contributed by atoms with van der Waals surface area (Å²) in [7, 11) is 0. The Morgan fingerprint density at radius 3 is 2.52 bits per heavy atom. The van der Waals surface area contributed by atoms with Crippen LogP contribution in [0.15, 0.2) is 55.1 Å².